The Morgan fingerprint density at radius 1 is 1.04 bits per heavy atom. The lowest BCUT2D eigenvalue weighted by Gasteiger charge is -2.42. The van der Waals surface area contributed by atoms with Crippen LogP contribution in [0.15, 0.2) is 36.4 Å². The maximum Gasteiger partial charge on any atom is 0.360 e. The summed E-state index contributed by atoms with van der Waals surface area (Å²) in [5.74, 6) is -1.22. The maximum absolute atomic E-state index is 12.2. The van der Waals surface area contributed by atoms with Crippen LogP contribution in [0.1, 0.15) is 5.56 Å². The summed E-state index contributed by atoms with van der Waals surface area (Å²) in [6.07, 6.45) is 0. The molecule has 140 valence electrons. The first kappa shape index (κ1) is 24.1. The molecule has 0 spiro atoms. The monoisotopic (exact) mass is 1030 g/mol. The smallest absolute Gasteiger partial charge is 0.360 e. The molecule has 26 heavy (non-hydrogen) atoms. The number of rotatable bonds is 5. The van der Waals surface area contributed by atoms with Crippen molar-refractivity contribution in [3.05, 3.63) is 52.7 Å². The van der Waals surface area contributed by atoms with E-state index in [-0.39, 0.29) is 5.75 Å². The van der Waals surface area contributed by atoms with Crippen molar-refractivity contribution < 1.29 is 20.1 Å². The predicted octanol–water partition coefficient (Wildman–Crippen LogP) is 5.86. The van der Waals surface area contributed by atoms with Crippen LogP contribution in [0.25, 0.3) is 0 Å². The SMILES string of the molecule is O=C(O)[C@@](O)(N(I)c1ccccc1)C(I)(I)c1cc(I)c(O)c(I)c1I. The molecule has 0 fully saturated rings. The summed E-state index contributed by atoms with van der Waals surface area (Å²) in [6, 6.07) is 10.6. The van der Waals surface area contributed by atoms with Gasteiger partial charge in [0.2, 0.25) is 0 Å². The Morgan fingerprint density at radius 3 is 2.08 bits per heavy atom. The highest BCUT2D eigenvalue weighted by molar-refractivity contribution is 14.2. The van der Waals surface area contributed by atoms with Crippen LogP contribution in [0.3, 0.4) is 0 Å². The minimum absolute atomic E-state index is 0.149. The third-order valence-electron chi connectivity index (χ3n) is 3.48. The van der Waals surface area contributed by atoms with Gasteiger partial charge in [0.1, 0.15) is 5.75 Å². The molecule has 1 atom stereocenters. The second-order valence-electron chi connectivity index (χ2n) is 5.05. The molecule has 0 radical (unpaired) electrons. The fraction of sp³-hybridized carbons (Fsp3) is 0.133. The van der Waals surface area contributed by atoms with Crippen molar-refractivity contribution in [2.45, 2.75) is 7.15 Å². The molecular weight excluding hydrogens is 1020 g/mol. The predicted molar refractivity (Wildman–Crippen MR) is 152 cm³/mol. The summed E-state index contributed by atoms with van der Waals surface area (Å²) in [6.45, 7) is 0. The lowest BCUT2D eigenvalue weighted by atomic mass is 10.0. The zero-order chi connectivity index (χ0) is 19.9. The molecule has 0 heterocycles. The number of halogens is 6. The number of carboxylic acids is 1. The molecule has 3 N–H and O–H groups in total. The van der Waals surface area contributed by atoms with Gasteiger partial charge in [-0.1, -0.05) is 63.4 Å². The van der Waals surface area contributed by atoms with Crippen molar-refractivity contribution in [2.75, 3.05) is 3.11 Å². The molecule has 0 aliphatic heterocycles. The highest BCUT2D eigenvalue weighted by atomic mass is 127. The number of carbonyl (C=O) groups is 1. The number of carboxylic acid groups (broad SMARTS) is 1. The summed E-state index contributed by atoms with van der Waals surface area (Å²) < 4.78 is 1.98. The van der Waals surface area contributed by atoms with E-state index in [1.807, 2.05) is 119 Å². The number of alkyl halides is 2. The largest absolute Gasteiger partial charge is 0.506 e. The van der Waals surface area contributed by atoms with E-state index < -0.39 is 13.1 Å². The molecule has 0 saturated carbocycles. The average Bonchev–Trinajstić information content (AvgIpc) is 2.61. The van der Waals surface area contributed by atoms with Gasteiger partial charge < -0.3 is 15.3 Å². The number of hydrogen-bond donors (Lipinski definition) is 3. The topological polar surface area (TPSA) is 81.0 Å². The van der Waals surface area contributed by atoms with Crippen molar-refractivity contribution in [3.8, 4) is 5.75 Å². The van der Waals surface area contributed by atoms with Crippen LogP contribution in [-0.4, -0.2) is 27.0 Å². The van der Waals surface area contributed by atoms with Gasteiger partial charge in [0, 0.05) is 9.26 Å². The molecule has 11 heteroatoms. The van der Waals surface area contributed by atoms with Gasteiger partial charge in [-0.3, -0.25) is 3.11 Å². The zero-order valence-corrected chi connectivity index (χ0v) is 25.4. The number of nitrogens with zero attached hydrogens (tertiary/aromatic N) is 1. The Bertz CT molecular complexity index is 848. The molecule has 5 nitrogen and oxygen atoms in total. The van der Waals surface area contributed by atoms with Gasteiger partial charge in [-0.05, 0) is 91.5 Å². The molecule has 2 rings (SSSR count). The van der Waals surface area contributed by atoms with Crippen LogP contribution in [0.2, 0.25) is 0 Å². The minimum atomic E-state index is -2.25. The highest BCUT2D eigenvalue weighted by Gasteiger charge is 2.59. The zero-order valence-electron chi connectivity index (χ0n) is 12.4. The van der Waals surface area contributed by atoms with Crippen LogP contribution >= 0.6 is 136 Å². The summed E-state index contributed by atoms with van der Waals surface area (Å²) in [5, 5.41) is 31.5. The van der Waals surface area contributed by atoms with Gasteiger partial charge >= 0.3 is 5.97 Å². The molecule has 2 aromatic carbocycles. The summed E-state index contributed by atoms with van der Waals surface area (Å²) in [4.78, 5) is 12.2. The second-order valence-corrected chi connectivity index (χ2v) is 14.6. The number of benzene rings is 2. The lowest BCUT2D eigenvalue weighted by molar-refractivity contribution is -0.156. The molecule has 0 bridgehead atoms. The highest BCUT2D eigenvalue weighted by Crippen LogP contribution is 2.54. The van der Waals surface area contributed by atoms with E-state index in [0.29, 0.717) is 22.0 Å². The Labute approximate surface area is 232 Å². The number of anilines is 1. The quantitative estimate of drug-likeness (QED) is 0.115. The van der Waals surface area contributed by atoms with E-state index in [2.05, 4.69) is 22.6 Å². The van der Waals surface area contributed by atoms with Gasteiger partial charge in [-0.15, -0.1) is 0 Å². The van der Waals surface area contributed by atoms with Crippen LogP contribution < -0.4 is 3.11 Å². The van der Waals surface area contributed by atoms with Crippen molar-refractivity contribution in [2.24, 2.45) is 0 Å². The number of aliphatic hydroxyl groups is 1. The molecule has 0 aliphatic rings. The van der Waals surface area contributed by atoms with Crippen LogP contribution in [0.4, 0.5) is 5.69 Å². The van der Waals surface area contributed by atoms with Crippen molar-refractivity contribution in [1.29, 1.82) is 0 Å². The molecule has 0 saturated heterocycles. The van der Waals surface area contributed by atoms with Gasteiger partial charge in [0.05, 0.1) is 30.0 Å². The van der Waals surface area contributed by atoms with Crippen molar-refractivity contribution in [3.63, 3.8) is 0 Å². The van der Waals surface area contributed by atoms with Gasteiger partial charge in [-0.2, -0.15) is 0 Å². The Hall–Kier alpha value is 1.85. The molecule has 0 amide bonds. The normalized spacial score (nSPS) is 14.0. The van der Waals surface area contributed by atoms with Crippen LogP contribution in [0, 0.1) is 10.7 Å². The fourth-order valence-corrected chi connectivity index (χ4v) is 9.22. The van der Waals surface area contributed by atoms with E-state index in [4.69, 9.17) is 0 Å². The number of hydrogen-bond acceptors (Lipinski definition) is 4. The number of para-hydroxylation sites is 1. The Balaban J connectivity index is 2.72. The van der Waals surface area contributed by atoms with E-state index in [9.17, 15) is 20.1 Å². The Kier molecular flexibility index (Phi) is 8.66. The van der Waals surface area contributed by atoms with Gasteiger partial charge in [0.25, 0.3) is 5.72 Å². The summed E-state index contributed by atoms with van der Waals surface area (Å²) >= 11 is 11.8. The summed E-state index contributed by atoms with van der Waals surface area (Å²) in [5.41, 5.74) is -1.07. The third-order valence-corrected chi connectivity index (χ3v) is 11.4. The van der Waals surface area contributed by atoms with Gasteiger partial charge in [0.15, 0.2) is 1.43 Å². The second kappa shape index (κ2) is 9.33. The van der Waals surface area contributed by atoms with Crippen molar-refractivity contribution >= 4 is 147 Å². The van der Waals surface area contributed by atoms with E-state index in [1.165, 1.54) is 3.11 Å². The maximum atomic E-state index is 12.2. The fourth-order valence-electron chi connectivity index (χ4n) is 2.09. The van der Waals surface area contributed by atoms with E-state index in [1.54, 1.807) is 30.3 Å². The molecular formula is C15H9I6NO4. The average molecular weight is 1030 g/mol. The molecule has 0 unspecified atom stereocenters. The molecule has 0 aromatic heterocycles. The van der Waals surface area contributed by atoms with Gasteiger partial charge in [-0.25, -0.2) is 4.79 Å². The standard InChI is InChI=1S/C15H9I6NO4/c16-9-6-8(10(17)11(18)12(9)23)14(19,20)15(26,13(24)25)22(21)7-4-2-1-3-5-7/h1-6,23,26H,(H,24,25)/t15-/m0/s1. The minimum Gasteiger partial charge on any atom is -0.506 e. The molecule has 2 aromatic rings. The van der Waals surface area contributed by atoms with E-state index >= 15 is 0 Å². The van der Waals surface area contributed by atoms with Crippen LogP contribution in [-0.2, 0) is 6.22 Å². The number of phenols is 1. The number of aromatic hydroxyl groups is 1. The Morgan fingerprint density at radius 2 is 1.58 bits per heavy atom. The third kappa shape index (κ3) is 4.31. The summed E-state index contributed by atoms with van der Waals surface area (Å²) in [7, 11) is 0. The lowest BCUT2D eigenvalue weighted by Crippen LogP contribution is -2.60. The first-order chi connectivity index (χ1) is 12.0. The molecule has 0 aliphatic carbocycles. The first-order valence-electron chi connectivity index (χ1n) is 6.67. The number of aliphatic carboxylic acids is 1. The van der Waals surface area contributed by atoms with Crippen LogP contribution in [0.5, 0.6) is 5.75 Å². The first-order valence-corrected chi connectivity index (χ1v) is 13.0. The van der Waals surface area contributed by atoms with E-state index in [0.717, 1.165) is 0 Å². The van der Waals surface area contributed by atoms with Crippen molar-refractivity contribution in [1.82, 2.24) is 0 Å². The number of phenolic OH excluding ortho intramolecular Hbond substituents is 1.